The molecule has 0 atom stereocenters. The van der Waals surface area contributed by atoms with Crippen LogP contribution >= 0.6 is 0 Å². The molecule has 0 fully saturated rings. The van der Waals surface area contributed by atoms with E-state index in [0.29, 0.717) is 19.4 Å². The van der Waals surface area contributed by atoms with Crippen molar-refractivity contribution in [1.29, 1.82) is 0 Å². The number of urea groups is 1. The molecular formula is C9H22N4O3S. The minimum absolute atomic E-state index is 0.0752. The van der Waals surface area contributed by atoms with Gasteiger partial charge < -0.3 is 16.0 Å². The zero-order chi connectivity index (χ0) is 13.3. The van der Waals surface area contributed by atoms with E-state index in [4.69, 9.17) is 5.73 Å². The molecule has 0 saturated heterocycles. The molecule has 0 aliphatic carbocycles. The number of rotatable bonds is 8. The molecule has 4 N–H and O–H groups in total. The number of nitrogens with two attached hydrogens (primary N) is 1. The molecule has 0 aliphatic heterocycles. The Bertz CT molecular complexity index is 316. The Labute approximate surface area is 103 Å². The SMILES string of the molecule is CN(C)C(=O)NCCNS(=O)(=O)CCCCN. The second kappa shape index (κ2) is 8.26. The summed E-state index contributed by atoms with van der Waals surface area (Å²) < 4.78 is 25.2. The standard InChI is InChI=1S/C9H22N4O3S/c1-13(2)9(14)11-6-7-12-17(15,16)8-4-3-5-10/h12H,3-8,10H2,1-2H3,(H,11,14). The summed E-state index contributed by atoms with van der Waals surface area (Å²) in [5.74, 6) is 0.0752. The van der Waals surface area contributed by atoms with Crippen molar-refractivity contribution in [2.45, 2.75) is 12.8 Å². The molecule has 102 valence electrons. The third-order valence-electron chi connectivity index (χ3n) is 2.00. The van der Waals surface area contributed by atoms with Gasteiger partial charge >= 0.3 is 6.03 Å². The van der Waals surface area contributed by atoms with Crippen molar-refractivity contribution in [3.05, 3.63) is 0 Å². The van der Waals surface area contributed by atoms with Crippen molar-refractivity contribution in [2.24, 2.45) is 5.73 Å². The van der Waals surface area contributed by atoms with Crippen LogP contribution in [0.25, 0.3) is 0 Å². The number of carbonyl (C=O) groups is 1. The van der Waals surface area contributed by atoms with Crippen LogP contribution in [-0.2, 0) is 10.0 Å². The second-order valence-corrected chi connectivity index (χ2v) is 5.76. The molecule has 17 heavy (non-hydrogen) atoms. The smallest absolute Gasteiger partial charge is 0.316 e. The van der Waals surface area contributed by atoms with E-state index < -0.39 is 10.0 Å². The summed E-state index contributed by atoms with van der Waals surface area (Å²) in [6, 6.07) is -0.243. The Morgan fingerprint density at radius 1 is 1.24 bits per heavy atom. The first-order valence-electron chi connectivity index (χ1n) is 5.51. The van der Waals surface area contributed by atoms with E-state index in [1.54, 1.807) is 14.1 Å². The summed E-state index contributed by atoms with van der Waals surface area (Å²) in [6.45, 7) is 0.964. The first-order chi connectivity index (χ1) is 7.89. The minimum atomic E-state index is -3.24. The number of amides is 2. The molecule has 7 nitrogen and oxygen atoms in total. The molecular weight excluding hydrogens is 244 g/mol. The van der Waals surface area contributed by atoms with E-state index in [1.807, 2.05) is 0 Å². The van der Waals surface area contributed by atoms with Crippen LogP contribution in [0.3, 0.4) is 0 Å². The highest BCUT2D eigenvalue weighted by molar-refractivity contribution is 7.89. The number of carbonyl (C=O) groups excluding carboxylic acids is 1. The predicted octanol–water partition coefficient (Wildman–Crippen LogP) is -1.08. The van der Waals surface area contributed by atoms with E-state index in [2.05, 4.69) is 10.0 Å². The van der Waals surface area contributed by atoms with E-state index in [9.17, 15) is 13.2 Å². The van der Waals surface area contributed by atoms with Gasteiger partial charge in [0.25, 0.3) is 0 Å². The lowest BCUT2D eigenvalue weighted by Gasteiger charge is -2.12. The monoisotopic (exact) mass is 266 g/mol. The van der Waals surface area contributed by atoms with Gasteiger partial charge in [-0.15, -0.1) is 0 Å². The van der Waals surface area contributed by atoms with Crippen molar-refractivity contribution < 1.29 is 13.2 Å². The molecule has 0 rings (SSSR count). The Hall–Kier alpha value is -0.860. The Morgan fingerprint density at radius 3 is 2.41 bits per heavy atom. The quantitative estimate of drug-likeness (QED) is 0.486. The number of nitrogens with zero attached hydrogens (tertiary/aromatic N) is 1. The summed E-state index contributed by atoms with van der Waals surface area (Å²) in [5, 5.41) is 2.56. The molecule has 0 saturated carbocycles. The number of hydrogen-bond acceptors (Lipinski definition) is 4. The molecule has 0 radical (unpaired) electrons. The average molecular weight is 266 g/mol. The van der Waals surface area contributed by atoms with Crippen LogP contribution in [0.15, 0.2) is 0 Å². The maximum atomic E-state index is 11.4. The molecule has 0 aromatic heterocycles. The first kappa shape index (κ1) is 16.1. The van der Waals surface area contributed by atoms with Gasteiger partial charge in [-0.2, -0.15) is 0 Å². The van der Waals surface area contributed by atoms with Crippen LogP contribution in [0.4, 0.5) is 4.79 Å². The Kier molecular flexibility index (Phi) is 7.85. The van der Waals surface area contributed by atoms with Crippen LogP contribution in [0.2, 0.25) is 0 Å². The third-order valence-corrected chi connectivity index (χ3v) is 3.47. The zero-order valence-corrected chi connectivity index (χ0v) is 11.2. The van der Waals surface area contributed by atoms with Gasteiger partial charge in [0.1, 0.15) is 0 Å². The zero-order valence-electron chi connectivity index (χ0n) is 10.4. The number of hydrogen-bond donors (Lipinski definition) is 3. The summed E-state index contributed by atoms with van der Waals surface area (Å²) >= 11 is 0. The van der Waals surface area contributed by atoms with Gasteiger partial charge in [0.05, 0.1) is 5.75 Å². The van der Waals surface area contributed by atoms with Gasteiger partial charge in [0.2, 0.25) is 10.0 Å². The van der Waals surface area contributed by atoms with E-state index in [0.717, 1.165) is 0 Å². The Morgan fingerprint density at radius 2 is 1.88 bits per heavy atom. The molecule has 0 bridgehead atoms. The molecule has 2 amide bonds. The molecule has 0 spiro atoms. The van der Waals surface area contributed by atoms with E-state index in [1.165, 1.54) is 4.90 Å². The topological polar surface area (TPSA) is 105 Å². The summed E-state index contributed by atoms with van der Waals surface area (Å²) in [6.07, 6.45) is 1.24. The van der Waals surface area contributed by atoms with Gasteiger partial charge in [0.15, 0.2) is 0 Å². The highest BCUT2D eigenvalue weighted by Gasteiger charge is 2.09. The second-order valence-electron chi connectivity index (χ2n) is 3.84. The fraction of sp³-hybridized carbons (Fsp3) is 0.889. The number of unbranched alkanes of at least 4 members (excludes halogenated alkanes) is 1. The largest absolute Gasteiger partial charge is 0.337 e. The fourth-order valence-corrected chi connectivity index (χ4v) is 2.18. The summed E-state index contributed by atoms with van der Waals surface area (Å²) in [4.78, 5) is 12.5. The maximum absolute atomic E-state index is 11.4. The normalized spacial score (nSPS) is 11.2. The van der Waals surface area contributed by atoms with Crippen molar-refractivity contribution in [3.63, 3.8) is 0 Å². The fourth-order valence-electron chi connectivity index (χ4n) is 1.04. The van der Waals surface area contributed by atoms with Crippen molar-refractivity contribution in [2.75, 3.05) is 39.5 Å². The van der Waals surface area contributed by atoms with Crippen LogP contribution in [0.1, 0.15) is 12.8 Å². The average Bonchev–Trinajstić information content (AvgIpc) is 2.24. The molecule has 8 heteroatoms. The Balaban J connectivity index is 3.69. The van der Waals surface area contributed by atoms with Crippen LogP contribution < -0.4 is 15.8 Å². The predicted molar refractivity (Wildman–Crippen MR) is 67.2 cm³/mol. The number of sulfonamides is 1. The van der Waals surface area contributed by atoms with E-state index in [-0.39, 0.29) is 24.9 Å². The van der Waals surface area contributed by atoms with E-state index >= 15 is 0 Å². The molecule has 0 aromatic rings. The molecule has 0 aliphatic rings. The third kappa shape index (κ3) is 8.90. The van der Waals surface area contributed by atoms with Gasteiger partial charge in [-0.3, -0.25) is 0 Å². The molecule has 0 heterocycles. The van der Waals surface area contributed by atoms with Crippen LogP contribution in [0.5, 0.6) is 0 Å². The first-order valence-corrected chi connectivity index (χ1v) is 7.17. The maximum Gasteiger partial charge on any atom is 0.316 e. The lowest BCUT2D eigenvalue weighted by atomic mass is 10.3. The lowest BCUT2D eigenvalue weighted by Crippen LogP contribution is -2.40. The van der Waals surface area contributed by atoms with Gasteiger partial charge in [0, 0.05) is 27.2 Å². The highest BCUT2D eigenvalue weighted by atomic mass is 32.2. The highest BCUT2D eigenvalue weighted by Crippen LogP contribution is 1.92. The molecule has 0 unspecified atom stereocenters. The minimum Gasteiger partial charge on any atom is -0.337 e. The van der Waals surface area contributed by atoms with Crippen molar-refractivity contribution >= 4 is 16.1 Å². The van der Waals surface area contributed by atoms with Crippen molar-refractivity contribution in [3.8, 4) is 0 Å². The van der Waals surface area contributed by atoms with Crippen LogP contribution in [0, 0.1) is 0 Å². The van der Waals surface area contributed by atoms with Gasteiger partial charge in [-0.25, -0.2) is 17.9 Å². The summed E-state index contributed by atoms with van der Waals surface area (Å²) in [5.41, 5.74) is 5.27. The van der Waals surface area contributed by atoms with Crippen LogP contribution in [-0.4, -0.2) is 58.8 Å². The van der Waals surface area contributed by atoms with Crippen molar-refractivity contribution in [1.82, 2.24) is 14.9 Å². The summed E-state index contributed by atoms with van der Waals surface area (Å²) in [7, 11) is -0.00770. The lowest BCUT2D eigenvalue weighted by molar-refractivity contribution is 0.217. The van der Waals surface area contributed by atoms with Gasteiger partial charge in [-0.05, 0) is 19.4 Å². The van der Waals surface area contributed by atoms with Gasteiger partial charge in [-0.1, -0.05) is 0 Å². The number of nitrogens with one attached hydrogen (secondary N) is 2. The molecule has 0 aromatic carbocycles.